The van der Waals surface area contributed by atoms with Crippen LogP contribution in [0.1, 0.15) is 95.7 Å². The summed E-state index contributed by atoms with van der Waals surface area (Å²) < 4.78 is 9.07. The molecule has 0 fully saturated rings. The molecule has 1 aliphatic heterocycles. The average Bonchev–Trinajstić information content (AvgIpc) is 3.78. The molecule has 0 unspecified atom stereocenters. The maximum atomic E-state index is 9.63. The summed E-state index contributed by atoms with van der Waals surface area (Å²) in [6, 6.07) is 47.9. The number of rotatable bonds is 6. The first-order valence-electron chi connectivity index (χ1n) is 22.0. The fraction of sp³-hybridized carbons (Fsp3) is 0.263. The van der Waals surface area contributed by atoms with Crippen molar-refractivity contribution in [1.82, 2.24) is 9.55 Å². The van der Waals surface area contributed by atoms with Crippen molar-refractivity contribution in [1.29, 1.82) is 5.26 Å². The van der Waals surface area contributed by atoms with Gasteiger partial charge in [-0.3, -0.25) is 4.57 Å². The van der Waals surface area contributed by atoms with Crippen LogP contribution in [0.15, 0.2) is 134 Å². The molecule has 9 rings (SSSR count). The van der Waals surface area contributed by atoms with E-state index in [9.17, 15) is 5.26 Å². The van der Waals surface area contributed by atoms with Crippen molar-refractivity contribution in [3.05, 3.63) is 167 Å². The standard InChI is InChI=1S/C57H57N5O/c1-36-25-38(34-58)26-37(2)54(36)39-19-22-49-48(27-39)47-21-20-46(33-52(47)62(49)53-31-40(23-24-59-53)55(3,4)5)63-45-16-14-15-43(32-45)60-35-61(51-18-13-12-17-50(51)60)44-29-41(56(6,7)8)28-42(30-44)57(9,10)11/h12-33H,35H2,1-11H3. The minimum Gasteiger partial charge on any atom is -0.457 e. The highest BCUT2D eigenvalue weighted by molar-refractivity contribution is 6.11. The fourth-order valence-corrected chi connectivity index (χ4v) is 9.10. The smallest absolute Gasteiger partial charge is 0.137 e. The third-order valence-electron chi connectivity index (χ3n) is 12.6. The van der Waals surface area contributed by atoms with E-state index in [1.54, 1.807) is 0 Å². The Labute approximate surface area is 373 Å². The van der Waals surface area contributed by atoms with Gasteiger partial charge in [-0.2, -0.15) is 5.26 Å². The molecule has 63 heavy (non-hydrogen) atoms. The monoisotopic (exact) mass is 827 g/mol. The Bertz CT molecular complexity index is 3070. The van der Waals surface area contributed by atoms with Gasteiger partial charge in [-0.15, -0.1) is 0 Å². The lowest BCUT2D eigenvalue weighted by atomic mass is 9.80. The largest absolute Gasteiger partial charge is 0.457 e. The maximum Gasteiger partial charge on any atom is 0.137 e. The molecule has 2 aromatic heterocycles. The molecule has 0 saturated carbocycles. The zero-order chi connectivity index (χ0) is 44.6. The summed E-state index contributed by atoms with van der Waals surface area (Å²) in [5.41, 5.74) is 15.7. The van der Waals surface area contributed by atoms with E-state index in [0.717, 1.165) is 72.8 Å². The molecule has 6 nitrogen and oxygen atoms in total. The molecule has 0 spiro atoms. The number of hydrogen-bond donors (Lipinski definition) is 0. The van der Waals surface area contributed by atoms with Gasteiger partial charge < -0.3 is 14.5 Å². The quantitative estimate of drug-likeness (QED) is 0.167. The van der Waals surface area contributed by atoms with Gasteiger partial charge in [-0.05, 0) is 154 Å². The Kier molecular flexibility index (Phi) is 10.0. The van der Waals surface area contributed by atoms with Crippen LogP contribution in [0.2, 0.25) is 0 Å². The Hall–Kier alpha value is -6.84. The molecule has 1 aliphatic rings. The van der Waals surface area contributed by atoms with E-state index in [4.69, 9.17) is 9.72 Å². The lowest BCUT2D eigenvalue weighted by Crippen LogP contribution is -2.25. The Morgan fingerprint density at radius 2 is 1.19 bits per heavy atom. The second-order valence-electron chi connectivity index (χ2n) is 20.4. The van der Waals surface area contributed by atoms with Crippen molar-refractivity contribution >= 4 is 44.6 Å². The van der Waals surface area contributed by atoms with Gasteiger partial charge in [0.1, 0.15) is 24.0 Å². The zero-order valence-electron chi connectivity index (χ0n) is 38.6. The first kappa shape index (κ1) is 41.5. The maximum absolute atomic E-state index is 9.63. The lowest BCUT2D eigenvalue weighted by Gasteiger charge is -2.29. The first-order chi connectivity index (χ1) is 29.9. The van der Waals surface area contributed by atoms with Crippen LogP contribution in [0.3, 0.4) is 0 Å². The number of hydrogen-bond acceptors (Lipinski definition) is 5. The van der Waals surface area contributed by atoms with E-state index >= 15 is 0 Å². The molecule has 316 valence electrons. The van der Waals surface area contributed by atoms with Gasteiger partial charge in [-0.1, -0.05) is 92.6 Å². The predicted molar refractivity (Wildman–Crippen MR) is 263 cm³/mol. The minimum atomic E-state index is -0.0493. The van der Waals surface area contributed by atoms with E-state index in [1.807, 2.05) is 24.4 Å². The molecular formula is C57H57N5O. The lowest BCUT2D eigenvalue weighted by molar-refractivity contribution is 0.483. The summed E-state index contributed by atoms with van der Waals surface area (Å²) in [6.07, 6.45) is 1.92. The molecular weight excluding hydrogens is 771 g/mol. The summed E-state index contributed by atoms with van der Waals surface area (Å²) in [5, 5.41) is 11.9. The number of aromatic nitrogens is 2. The van der Waals surface area contributed by atoms with E-state index < -0.39 is 0 Å². The number of anilines is 4. The van der Waals surface area contributed by atoms with Gasteiger partial charge in [0.2, 0.25) is 0 Å². The highest BCUT2D eigenvalue weighted by atomic mass is 16.5. The number of fused-ring (bicyclic) bond motifs is 4. The predicted octanol–water partition coefficient (Wildman–Crippen LogP) is 15.3. The zero-order valence-corrected chi connectivity index (χ0v) is 38.6. The number of aryl methyl sites for hydroxylation is 2. The Morgan fingerprint density at radius 1 is 0.556 bits per heavy atom. The molecule has 3 heterocycles. The molecule has 0 radical (unpaired) electrons. The first-order valence-corrected chi connectivity index (χ1v) is 22.0. The second-order valence-corrected chi connectivity index (χ2v) is 20.4. The van der Waals surface area contributed by atoms with Crippen molar-refractivity contribution in [3.8, 4) is 34.5 Å². The van der Waals surface area contributed by atoms with E-state index in [1.165, 1.54) is 28.1 Å². The Balaban J connectivity index is 1.11. The van der Waals surface area contributed by atoms with Crippen LogP contribution in [0.5, 0.6) is 11.5 Å². The van der Waals surface area contributed by atoms with Crippen LogP contribution >= 0.6 is 0 Å². The second kappa shape index (κ2) is 15.2. The van der Waals surface area contributed by atoms with Crippen molar-refractivity contribution < 1.29 is 4.74 Å². The van der Waals surface area contributed by atoms with Crippen LogP contribution < -0.4 is 14.5 Å². The number of nitrogens with zero attached hydrogens (tertiary/aromatic N) is 5. The molecule has 0 atom stereocenters. The number of ether oxygens (including phenoxy) is 1. The molecule has 0 bridgehead atoms. The van der Waals surface area contributed by atoms with E-state index in [-0.39, 0.29) is 16.2 Å². The van der Waals surface area contributed by atoms with Crippen molar-refractivity contribution in [2.24, 2.45) is 0 Å². The van der Waals surface area contributed by atoms with Crippen molar-refractivity contribution in [3.63, 3.8) is 0 Å². The number of para-hydroxylation sites is 2. The summed E-state index contributed by atoms with van der Waals surface area (Å²) in [6.45, 7) is 25.3. The summed E-state index contributed by atoms with van der Waals surface area (Å²) >= 11 is 0. The van der Waals surface area contributed by atoms with Crippen LogP contribution in [0, 0.1) is 25.2 Å². The molecule has 0 N–H and O–H groups in total. The van der Waals surface area contributed by atoms with Gasteiger partial charge in [-0.25, -0.2) is 4.98 Å². The molecule has 8 aromatic rings. The van der Waals surface area contributed by atoms with Gasteiger partial charge in [0.05, 0.1) is 34.0 Å². The van der Waals surface area contributed by atoms with Gasteiger partial charge >= 0.3 is 0 Å². The SMILES string of the molecule is Cc1cc(C#N)cc(C)c1-c1ccc2c(c1)c1ccc(Oc3cccc(N4CN(c5cc(C(C)(C)C)cc(C(C)(C)C)c5)c5ccccc54)c3)cc1n2-c1cc(C(C)(C)C)ccn1. The molecule has 0 amide bonds. The van der Waals surface area contributed by atoms with Crippen LogP contribution in [0.4, 0.5) is 22.7 Å². The van der Waals surface area contributed by atoms with Crippen LogP contribution in [0.25, 0.3) is 38.8 Å². The molecule has 0 saturated heterocycles. The molecule has 0 aliphatic carbocycles. The highest BCUT2D eigenvalue weighted by Crippen LogP contribution is 2.47. The fourth-order valence-electron chi connectivity index (χ4n) is 9.10. The van der Waals surface area contributed by atoms with Gasteiger partial charge in [0.15, 0.2) is 0 Å². The highest BCUT2D eigenvalue weighted by Gasteiger charge is 2.30. The third-order valence-corrected chi connectivity index (χ3v) is 12.6. The van der Waals surface area contributed by atoms with Crippen LogP contribution in [-0.2, 0) is 16.2 Å². The van der Waals surface area contributed by atoms with E-state index in [2.05, 4.69) is 206 Å². The minimum absolute atomic E-state index is 0.0122. The van der Waals surface area contributed by atoms with Gasteiger partial charge in [0, 0.05) is 40.5 Å². The number of nitriles is 1. The van der Waals surface area contributed by atoms with E-state index in [0.29, 0.717) is 12.2 Å². The third kappa shape index (κ3) is 7.71. The topological polar surface area (TPSA) is 57.3 Å². The normalized spacial score (nSPS) is 13.2. The van der Waals surface area contributed by atoms with Gasteiger partial charge in [0.25, 0.3) is 0 Å². The molecule has 6 heteroatoms. The average molecular weight is 828 g/mol. The van der Waals surface area contributed by atoms with Crippen molar-refractivity contribution in [2.45, 2.75) is 92.4 Å². The summed E-state index contributed by atoms with van der Waals surface area (Å²) in [5.74, 6) is 2.36. The Morgan fingerprint density at radius 3 is 1.83 bits per heavy atom. The number of benzene rings is 6. The van der Waals surface area contributed by atoms with Crippen molar-refractivity contribution in [2.75, 3.05) is 16.5 Å². The molecule has 6 aromatic carbocycles. The summed E-state index contributed by atoms with van der Waals surface area (Å²) in [4.78, 5) is 9.78. The van der Waals surface area contributed by atoms with Crippen LogP contribution in [-0.4, -0.2) is 16.2 Å². The number of pyridine rings is 1. The summed E-state index contributed by atoms with van der Waals surface area (Å²) in [7, 11) is 0.